The molecule has 1 aliphatic heterocycles. The largest absolute Gasteiger partial charge is 0.492 e. The van der Waals surface area contributed by atoms with Crippen molar-refractivity contribution >= 4 is 27.5 Å². The molecule has 25 heavy (non-hydrogen) atoms. The summed E-state index contributed by atoms with van der Waals surface area (Å²) in [5.41, 5.74) is 0. The zero-order valence-electron chi connectivity index (χ0n) is 14.1. The highest BCUT2D eigenvalue weighted by Gasteiger charge is 2.32. The van der Waals surface area contributed by atoms with Crippen LogP contribution in [0.15, 0.2) is 23.1 Å². The molecule has 1 heterocycles. The number of hydrogen-bond donors (Lipinski definition) is 2. The van der Waals surface area contributed by atoms with Gasteiger partial charge in [0.25, 0.3) is 0 Å². The summed E-state index contributed by atoms with van der Waals surface area (Å²) in [5.74, 6) is 0.0690. The monoisotopic (exact) mass is 390 g/mol. The van der Waals surface area contributed by atoms with Crippen molar-refractivity contribution < 1.29 is 23.1 Å². The van der Waals surface area contributed by atoms with E-state index in [1.807, 2.05) is 6.92 Å². The van der Waals surface area contributed by atoms with Crippen molar-refractivity contribution in [1.82, 2.24) is 9.62 Å². The number of aliphatic hydroxyl groups excluding tert-OH is 1. The molecule has 0 saturated carbocycles. The summed E-state index contributed by atoms with van der Waals surface area (Å²) in [5, 5.41) is 11.6. The molecule has 2 N–H and O–H groups in total. The third-order valence-electron chi connectivity index (χ3n) is 4.08. The molecule has 140 valence electrons. The van der Waals surface area contributed by atoms with Gasteiger partial charge in [-0.3, -0.25) is 4.79 Å². The van der Waals surface area contributed by atoms with Crippen molar-refractivity contribution in [3.8, 4) is 5.75 Å². The Morgan fingerprint density at radius 3 is 2.64 bits per heavy atom. The Balaban J connectivity index is 2.04. The molecule has 0 atom stereocenters. The van der Waals surface area contributed by atoms with E-state index in [1.165, 1.54) is 16.4 Å². The minimum Gasteiger partial charge on any atom is -0.492 e. The van der Waals surface area contributed by atoms with E-state index >= 15 is 0 Å². The van der Waals surface area contributed by atoms with Crippen molar-refractivity contribution in [2.45, 2.75) is 24.7 Å². The van der Waals surface area contributed by atoms with Gasteiger partial charge in [-0.05, 0) is 38.0 Å². The van der Waals surface area contributed by atoms with Gasteiger partial charge in [-0.15, -0.1) is 0 Å². The van der Waals surface area contributed by atoms with Crippen LogP contribution in [0.2, 0.25) is 5.02 Å². The molecule has 1 amide bonds. The molecule has 1 fully saturated rings. The van der Waals surface area contributed by atoms with Gasteiger partial charge in [-0.1, -0.05) is 11.6 Å². The third-order valence-corrected chi connectivity index (χ3v) is 6.27. The van der Waals surface area contributed by atoms with Gasteiger partial charge in [0.05, 0.1) is 23.1 Å². The lowest BCUT2D eigenvalue weighted by Gasteiger charge is -2.30. The number of carbonyl (C=O) groups is 1. The van der Waals surface area contributed by atoms with Crippen LogP contribution in [0.25, 0.3) is 0 Å². The van der Waals surface area contributed by atoms with Gasteiger partial charge in [0, 0.05) is 25.6 Å². The number of nitrogens with one attached hydrogen (secondary N) is 1. The van der Waals surface area contributed by atoms with E-state index in [0.29, 0.717) is 25.2 Å². The van der Waals surface area contributed by atoms with Gasteiger partial charge >= 0.3 is 0 Å². The number of amides is 1. The van der Waals surface area contributed by atoms with E-state index in [1.54, 1.807) is 6.07 Å². The third kappa shape index (κ3) is 4.84. The smallest absolute Gasteiger partial charge is 0.243 e. The number of halogens is 1. The van der Waals surface area contributed by atoms with E-state index in [0.717, 1.165) is 0 Å². The molecular formula is C16H23ClN2O5S. The molecule has 1 saturated heterocycles. The van der Waals surface area contributed by atoms with Crippen molar-refractivity contribution in [3.05, 3.63) is 23.2 Å². The highest BCUT2D eigenvalue weighted by molar-refractivity contribution is 7.89. The molecule has 7 nitrogen and oxygen atoms in total. The number of rotatable bonds is 7. The molecule has 0 unspecified atom stereocenters. The number of ether oxygens (including phenoxy) is 1. The topological polar surface area (TPSA) is 95.9 Å². The Kier molecular flexibility index (Phi) is 7.06. The van der Waals surface area contributed by atoms with Crippen LogP contribution in [0, 0.1) is 5.92 Å². The Morgan fingerprint density at radius 1 is 1.40 bits per heavy atom. The van der Waals surface area contributed by atoms with E-state index in [2.05, 4.69) is 5.32 Å². The number of carbonyl (C=O) groups excluding carboxylic acids is 1. The maximum Gasteiger partial charge on any atom is 0.243 e. The zero-order valence-corrected chi connectivity index (χ0v) is 15.6. The molecular weight excluding hydrogens is 368 g/mol. The molecule has 1 aliphatic rings. The maximum absolute atomic E-state index is 12.8. The Hall–Kier alpha value is -1.35. The number of aliphatic hydroxyl groups is 1. The number of sulfonamides is 1. The second kappa shape index (κ2) is 8.84. The van der Waals surface area contributed by atoms with Crippen molar-refractivity contribution in [3.63, 3.8) is 0 Å². The summed E-state index contributed by atoms with van der Waals surface area (Å²) in [6, 6.07) is 4.42. The van der Waals surface area contributed by atoms with Crippen LogP contribution in [-0.4, -0.2) is 56.6 Å². The average Bonchev–Trinajstić information content (AvgIpc) is 2.61. The Bertz CT molecular complexity index is 702. The van der Waals surface area contributed by atoms with Crippen LogP contribution >= 0.6 is 11.6 Å². The second-order valence-electron chi connectivity index (χ2n) is 5.72. The van der Waals surface area contributed by atoms with Gasteiger partial charge in [0.2, 0.25) is 15.9 Å². The van der Waals surface area contributed by atoms with Gasteiger partial charge in [-0.25, -0.2) is 8.42 Å². The normalized spacial score (nSPS) is 16.6. The molecule has 9 heteroatoms. The van der Waals surface area contributed by atoms with Gasteiger partial charge in [-0.2, -0.15) is 4.31 Å². The first kappa shape index (κ1) is 20.0. The summed E-state index contributed by atoms with van der Waals surface area (Å²) in [7, 11) is -3.66. The lowest BCUT2D eigenvalue weighted by Crippen LogP contribution is -2.43. The minimum atomic E-state index is -3.66. The molecule has 1 aromatic carbocycles. The fourth-order valence-electron chi connectivity index (χ4n) is 2.75. The van der Waals surface area contributed by atoms with Crippen LogP contribution in [0.3, 0.4) is 0 Å². The van der Waals surface area contributed by atoms with Gasteiger partial charge in [0.15, 0.2) is 0 Å². The molecule has 0 spiro atoms. The quantitative estimate of drug-likeness (QED) is 0.730. The molecule has 0 aliphatic carbocycles. The van der Waals surface area contributed by atoms with Crippen molar-refractivity contribution in [1.29, 1.82) is 0 Å². The molecule has 0 bridgehead atoms. The van der Waals surface area contributed by atoms with E-state index < -0.39 is 10.0 Å². The second-order valence-corrected chi connectivity index (χ2v) is 8.06. The highest BCUT2D eigenvalue weighted by atomic mass is 35.5. The number of benzene rings is 1. The van der Waals surface area contributed by atoms with Crippen LogP contribution in [0.5, 0.6) is 5.75 Å². The molecule has 0 aromatic heterocycles. The van der Waals surface area contributed by atoms with Crippen LogP contribution in [0.4, 0.5) is 0 Å². The lowest BCUT2D eigenvalue weighted by molar-refractivity contribution is -0.126. The lowest BCUT2D eigenvalue weighted by atomic mass is 9.97. The van der Waals surface area contributed by atoms with Gasteiger partial charge < -0.3 is 15.2 Å². The van der Waals surface area contributed by atoms with Crippen LogP contribution in [-0.2, 0) is 14.8 Å². The van der Waals surface area contributed by atoms with E-state index in [4.69, 9.17) is 21.4 Å². The first-order valence-corrected chi connectivity index (χ1v) is 10.0. The van der Waals surface area contributed by atoms with Crippen molar-refractivity contribution in [2.24, 2.45) is 5.92 Å². The molecule has 1 aromatic rings. The maximum atomic E-state index is 12.8. The minimum absolute atomic E-state index is 0.114. The summed E-state index contributed by atoms with van der Waals surface area (Å²) < 4.78 is 32.2. The first-order valence-electron chi connectivity index (χ1n) is 8.21. The molecule has 2 rings (SSSR count). The fraction of sp³-hybridized carbons (Fsp3) is 0.562. The van der Waals surface area contributed by atoms with Crippen LogP contribution in [0.1, 0.15) is 19.8 Å². The van der Waals surface area contributed by atoms with E-state index in [9.17, 15) is 13.2 Å². The Morgan fingerprint density at radius 2 is 2.08 bits per heavy atom. The fourth-order valence-corrected chi connectivity index (χ4v) is 4.54. The Labute approximate surface area is 153 Å². The summed E-state index contributed by atoms with van der Waals surface area (Å²) in [4.78, 5) is 12.0. The SMILES string of the molecule is CCOc1ccc(S(=O)(=O)N2CCC(C(=O)NCCO)CC2)cc1Cl. The zero-order chi connectivity index (χ0) is 18.4. The highest BCUT2D eigenvalue weighted by Crippen LogP contribution is 2.30. The average molecular weight is 391 g/mol. The number of nitrogens with zero attached hydrogens (tertiary/aromatic N) is 1. The van der Waals surface area contributed by atoms with Crippen LogP contribution < -0.4 is 10.1 Å². The summed E-state index contributed by atoms with van der Waals surface area (Å²) >= 11 is 6.09. The predicted octanol–water partition coefficient (Wildman–Crippen LogP) is 1.25. The summed E-state index contributed by atoms with van der Waals surface area (Å²) in [6.45, 7) is 2.90. The van der Waals surface area contributed by atoms with Gasteiger partial charge in [0.1, 0.15) is 5.75 Å². The molecule has 0 radical (unpaired) electrons. The standard InChI is InChI=1S/C16H23ClN2O5S/c1-2-24-15-4-3-13(11-14(15)17)25(22,23)19-8-5-12(6-9-19)16(21)18-7-10-20/h3-4,11-12,20H,2,5-10H2,1H3,(H,18,21). The van der Waals surface area contributed by atoms with E-state index in [-0.39, 0.29) is 48.0 Å². The summed E-state index contributed by atoms with van der Waals surface area (Å²) in [6.07, 6.45) is 0.891. The van der Waals surface area contributed by atoms with Crippen molar-refractivity contribution in [2.75, 3.05) is 32.8 Å². The predicted molar refractivity (Wildman–Crippen MR) is 94.2 cm³/mol. The first-order chi connectivity index (χ1) is 11.9. The number of piperidine rings is 1. The number of hydrogen-bond acceptors (Lipinski definition) is 5.